The SMILES string of the molecule is CNC(c1nccn1C)C(C)(C)C. The molecule has 0 amide bonds. The largest absolute Gasteiger partial charge is 0.337 e. The number of hydrogen-bond acceptors (Lipinski definition) is 2. The molecule has 1 aromatic rings. The molecule has 1 heterocycles. The van der Waals surface area contributed by atoms with Crippen LogP contribution in [0.25, 0.3) is 0 Å². The molecule has 0 aliphatic heterocycles. The van der Waals surface area contributed by atoms with Crippen LogP contribution in [0.3, 0.4) is 0 Å². The molecule has 0 bridgehead atoms. The summed E-state index contributed by atoms with van der Waals surface area (Å²) < 4.78 is 2.06. The molecular formula is C10H19N3. The average Bonchev–Trinajstić information content (AvgIpc) is 2.35. The van der Waals surface area contributed by atoms with Crippen LogP contribution in [0.5, 0.6) is 0 Å². The molecule has 13 heavy (non-hydrogen) atoms. The third-order valence-electron chi connectivity index (χ3n) is 2.27. The van der Waals surface area contributed by atoms with Gasteiger partial charge in [-0.15, -0.1) is 0 Å². The van der Waals surface area contributed by atoms with E-state index in [4.69, 9.17) is 0 Å². The maximum atomic E-state index is 4.35. The normalized spacial score (nSPS) is 14.5. The third-order valence-corrected chi connectivity index (χ3v) is 2.27. The van der Waals surface area contributed by atoms with E-state index in [2.05, 4.69) is 35.6 Å². The highest BCUT2D eigenvalue weighted by atomic mass is 15.1. The first-order valence-electron chi connectivity index (χ1n) is 4.61. The Labute approximate surface area is 80.2 Å². The van der Waals surface area contributed by atoms with Crippen LogP contribution >= 0.6 is 0 Å². The van der Waals surface area contributed by atoms with Crippen LogP contribution in [-0.2, 0) is 7.05 Å². The quantitative estimate of drug-likeness (QED) is 0.753. The highest BCUT2D eigenvalue weighted by Crippen LogP contribution is 2.30. The molecule has 1 atom stereocenters. The minimum absolute atomic E-state index is 0.188. The van der Waals surface area contributed by atoms with Crippen LogP contribution in [-0.4, -0.2) is 16.6 Å². The monoisotopic (exact) mass is 181 g/mol. The number of aryl methyl sites for hydroxylation is 1. The molecule has 1 aromatic heterocycles. The fourth-order valence-electron chi connectivity index (χ4n) is 1.60. The van der Waals surface area contributed by atoms with Gasteiger partial charge in [0.05, 0.1) is 6.04 Å². The number of nitrogens with zero attached hydrogens (tertiary/aromatic N) is 2. The lowest BCUT2D eigenvalue weighted by Crippen LogP contribution is -2.31. The van der Waals surface area contributed by atoms with E-state index in [-0.39, 0.29) is 5.41 Å². The molecule has 1 rings (SSSR count). The number of hydrogen-bond donors (Lipinski definition) is 1. The standard InChI is InChI=1S/C10H19N3/c1-10(2,3)8(11-4)9-12-6-7-13(9)5/h6-8,11H,1-5H3. The van der Waals surface area contributed by atoms with Crippen molar-refractivity contribution in [2.45, 2.75) is 26.8 Å². The van der Waals surface area contributed by atoms with Crippen molar-refractivity contribution < 1.29 is 0 Å². The van der Waals surface area contributed by atoms with Gasteiger partial charge in [0.25, 0.3) is 0 Å². The third kappa shape index (κ3) is 2.10. The number of rotatable bonds is 2. The fourth-order valence-corrected chi connectivity index (χ4v) is 1.60. The Bertz CT molecular complexity index is 270. The fraction of sp³-hybridized carbons (Fsp3) is 0.700. The first-order valence-corrected chi connectivity index (χ1v) is 4.61. The molecular weight excluding hydrogens is 162 g/mol. The summed E-state index contributed by atoms with van der Waals surface area (Å²) in [5, 5.41) is 3.30. The van der Waals surface area contributed by atoms with E-state index in [0.717, 1.165) is 5.82 Å². The van der Waals surface area contributed by atoms with Crippen molar-refractivity contribution in [3.05, 3.63) is 18.2 Å². The first-order chi connectivity index (χ1) is 5.96. The Morgan fingerprint density at radius 2 is 2.08 bits per heavy atom. The van der Waals surface area contributed by atoms with Gasteiger partial charge in [-0.1, -0.05) is 20.8 Å². The van der Waals surface area contributed by atoms with Gasteiger partial charge in [-0.2, -0.15) is 0 Å². The van der Waals surface area contributed by atoms with Crippen LogP contribution in [0.1, 0.15) is 32.6 Å². The Kier molecular flexibility index (Phi) is 2.76. The van der Waals surface area contributed by atoms with E-state index in [0.29, 0.717) is 6.04 Å². The molecule has 0 aliphatic carbocycles. The summed E-state index contributed by atoms with van der Waals surface area (Å²) in [6.07, 6.45) is 3.82. The molecule has 0 spiro atoms. The average molecular weight is 181 g/mol. The molecule has 0 aliphatic rings. The smallest absolute Gasteiger partial charge is 0.126 e. The van der Waals surface area contributed by atoms with Crippen LogP contribution in [0.15, 0.2) is 12.4 Å². The van der Waals surface area contributed by atoms with Crippen molar-refractivity contribution in [2.75, 3.05) is 7.05 Å². The van der Waals surface area contributed by atoms with Gasteiger partial charge >= 0.3 is 0 Å². The summed E-state index contributed by atoms with van der Waals surface area (Å²) in [6, 6.07) is 0.299. The lowest BCUT2D eigenvalue weighted by atomic mass is 9.86. The van der Waals surface area contributed by atoms with Crippen molar-refractivity contribution in [1.29, 1.82) is 0 Å². The first kappa shape index (κ1) is 10.3. The Morgan fingerprint density at radius 1 is 1.46 bits per heavy atom. The zero-order chi connectivity index (χ0) is 10.1. The van der Waals surface area contributed by atoms with Crippen molar-refractivity contribution in [1.82, 2.24) is 14.9 Å². The Balaban J connectivity index is 2.98. The van der Waals surface area contributed by atoms with E-state index in [1.165, 1.54) is 0 Å². The molecule has 1 N–H and O–H groups in total. The van der Waals surface area contributed by atoms with Crippen molar-refractivity contribution in [3.63, 3.8) is 0 Å². The molecule has 0 saturated heterocycles. The highest BCUT2D eigenvalue weighted by molar-refractivity contribution is 5.02. The molecule has 0 radical (unpaired) electrons. The van der Waals surface area contributed by atoms with Crippen LogP contribution in [0, 0.1) is 5.41 Å². The zero-order valence-corrected chi connectivity index (χ0v) is 9.13. The van der Waals surface area contributed by atoms with Crippen molar-refractivity contribution in [3.8, 4) is 0 Å². The summed E-state index contributed by atoms with van der Waals surface area (Å²) in [6.45, 7) is 6.63. The van der Waals surface area contributed by atoms with Crippen LogP contribution < -0.4 is 5.32 Å². The van der Waals surface area contributed by atoms with Gasteiger partial charge in [0.2, 0.25) is 0 Å². The summed E-state index contributed by atoms with van der Waals surface area (Å²) in [5.74, 6) is 1.09. The van der Waals surface area contributed by atoms with E-state index in [1.54, 1.807) is 0 Å². The maximum Gasteiger partial charge on any atom is 0.126 e. The van der Waals surface area contributed by atoms with Gasteiger partial charge in [0.15, 0.2) is 0 Å². The number of imidazole rings is 1. The topological polar surface area (TPSA) is 29.9 Å². The number of nitrogens with one attached hydrogen (secondary N) is 1. The summed E-state index contributed by atoms with van der Waals surface area (Å²) in [5.41, 5.74) is 0.188. The Hall–Kier alpha value is -0.830. The summed E-state index contributed by atoms with van der Waals surface area (Å²) in [4.78, 5) is 4.35. The second kappa shape index (κ2) is 3.50. The summed E-state index contributed by atoms with van der Waals surface area (Å²) in [7, 11) is 4.00. The van der Waals surface area contributed by atoms with Crippen LogP contribution in [0.2, 0.25) is 0 Å². The molecule has 1 unspecified atom stereocenters. The minimum Gasteiger partial charge on any atom is -0.337 e. The predicted octanol–water partition coefficient (Wildman–Crippen LogP) is 1.73. The van der Waals surface area contributed by atoms with E-state index in [9.17, 15) is 0 Å². The molecule has 74 valence electrons. The van der Waals surface area contributed by atoms with Crippen molar-refractivity contribution in [2.24, 2.45) is 12.5 Å². The minimum atomic E-state index is 0.188. The Morgan fingerprint density at radius 3 is 2.38 bits per heavy atom. The van der Waals surface area contributed by atoms with Gasteiger partial charge in [0.1, 0.15) is 5.82 Å². The zero-order valence-electron chi connectivity index (χ0n) is 9.13. The number of aromatic nitrogens is 2. The predicted molar refractivity (Wildman–Crippen MR) is 54.5 cm³/mol. The van der Waals surface area contributed by atoms with Gasteiger partial charge < -0.3 is 9.88 Å². The van der Waals surface area contributed by atoms with Gasteiger partial charge in [-0.3, -0.25) is 0 Å². The van der Waals surface area contributed by atoms with E-state index >= 15 is 0 Å². The van der Waals surface area contributed by atoms with E-state index < -0.39 is 0 Å². The molecule has 3 heteroatoms. The molecule has 3 nitrogen and oxygen atoms in total. The molecule has 0 fully saturated rings. The summed E-state index contributed by atoms with van der Waals surface area (Å²) >= 11 is 0. The highest BCUT2D eigenvalue weighted by Gasteiger charge is 2.27. The molecule has 0 aromatic carbocycles. The van der Waals surface area contributed by atoms with E-state index in [1.807, 2.05) is 26.5 Å². The second-order valence-corrected chi connectivity index (χ2v) is 4.48. The van der Waals surface area contributed by atoms with Gasteiger partial charge in [0, 0.05) is 19.4 Å². The second-order valence-electron chi connectivity index (χ2n) is 4.48. The van der Waals surface area contributed by atoms with Gasteiger partial charge in [-0.05, 0) is 12.5 Å². The lowest BCUT2D eigenvalue weighted by Gasteiger charge is -2.29. The molecule has 0 saturated carbocycles. The van der Waals surface area contributed by atoms with Gasteiger partial charge in [-0.25, -0.2) is 4.98 Å². The lowest BCUT2D eigenvalue weighted by molar-refractivity contribution is 0.271. The van der Waals surface area contributed by atoms with Crippen molar-refractivity contribution >= 4 is 0 Å². The van der Waals surface area contributed by atoms with Crippen LogP contribution in [0.4, 0.5) is 0 Å². The maximum absolute atomic E-state index is 4.35.